The van der Waals surface area contributed by atoms with Crippen LogP contribution in [0.5, 0.6) is 11.9 Å². The topological polar surface area (TPSA) is 87.3 Å². The maximum absolute atomic E-state index is 10.5. The summed E-state index contributed by atoms with van der Waals surface area (Å²) in [5.41, 5.74) is 5.51. The number of hydrogen-bond acceptors (Lipinski definition) is 5. The van der Waals surface area contributed by atoms with Crippen molar-refractivity contribution in [2.24, 2.45) is 5.73 Å². The summed E-state index contributed by atoms with van der Waals surface area (Å²) in [6.07, 6.45) is 4.15. The Morgan fingerprint density at radius 2 is 2.20 bits per heavy atom. The Morgan fingerprint density at radius 1 is 1.47 bits per heavy atom. The van der Waals surface area contributed by atoms with E-state index >= 15 is 0 Å². The number of primary amides is 1. The van der Waals surface area contributed by atoms with Crippen LogP contribution in [0.1, 0.15) is 5.56 Å². The van der Waals surface area contributed by atoms with E-state index in [4.69, 9.17) is 15.2 Å². The van der Waals surface area contributed by atoms with Gasteiger partial charge in [0.1, 0.15) is 0 Å². The highest BCUT2D eigenvalue weighted by molar-refractivity contribution is 5.90. The third-order valence-corrected chi connectivity index (χ3v) is 1.56. The number of nitrogens with two attached hydrogens (primary N) is 1. The maximum atomic E-state index is 10.5. The lowest BCUT2D eigenvalue weighted by atomic mass is 10.3. The molecule has 0 unspecified atom stereocenters. The van der Waals surface area contributed by atoms with Gasteiger partial charge in [0.15, 0.2) is 0 Å². The Kier molecular flexibility index (Phi) is 3.61. The van der Waals surface area contributed by atoms with Gasteiger partial charge in [0.25, 0.3) is 0 Å². The van der Waals surface area contributed by atoms with Crippen molar-refractivity contribution in [3.63, 3.8) is 0 Å². The van der Waals surface area contributed by atoms with E-state index in [1.807, 2.05) is 0 Å². The third kappa shape index (κ3) is 2.94. The average molecular weight is 209 g/mol. The standard InChI is InChI=1S/C9H11N3O3/c1-14-8-6(3-4-7(10)13)5-11-9(12-8)15-2/h3-5H,1-2H3,(H2,10,13)/b4-3-. The van der Waals surface area contributed by atoms with Crippen LogP contribution in [0.25, 0.3) is 6.08 Å². The van der Waals surface area contributed by atoms with Gasteiger partial charge in [0, 0.05) is 12.3 Å². The van der Waals surface area contributed by atoms with Gasteiger partial charge in [0.05, 0.1) is 19.8 Å². The largest absolute Gasteiger partial charge is 0.480 e. The molecule has 1 aromatic heterocycles. The fourth-order valence-electron chi connectivity index (χ4n) is 0.908. The monoisotopic (exact) mass is 209 g/mol. The van der Waals surface area contributed by atoms with Crippen LogP contribution in [0.15, 0.2) is 12.3 Å². The van der Waals surface area contributed by atoms with Gasteiger partial charge in [-0.15, -0.1) is 0 Å². The molecule has 80 valence electrons. The molecular formula is C9H11N3O3. The quantitative estimate of drug-likeness (QED) is 0.705. The number of nitrogens with zero attached hydrogens (tertiary/aromatic N) is 2. The molecule has 6 heteroatoms. The molecule has 0 saturated heterocycles. The first-order chi connectivity index (χ1) is 7.17. The van der Waals surface area contributed by atoms with Crippen LogP contribution in [0, 0.1) is 0 Å². The van der Waals surface area contributed by atoms with Crippen LogP contribution in [-0.4, -0.2) is 30.1 Å². The van der Waals surface area contributed by atoms with E-state index in [0.29, 0.717) is 11.4 Å². The van der Waals surface area contributed by atoms with Crippen molar-refractivity contribution in [1.82, 2.24) is 9.97 Å². The molecule has 15 heavy (non-hydrogen) atoms. The van der Waals surface area contributed by atoms with E-state index in [2.05, 4.69) is 9.97 Å². The number of carbonyl (C=O) groups excluding carboxylic acids is 1. The van der Waals surface area contributed by atoms with Crippen molar-refractivity contribution >= 4 is 12.0 Å². The van der Waals surface area contributed by atoms with Crippen molar-refractivity contribution in [2.45, 2.75) is 0 Å². The summed E-state index contributed by atoms with van der Waals surface area (Å²) in [6, 6.07) is 0.197. The number of rotatable bonds is 4. The van der Waals surface area contributed by atoms with E-state index in [0.717, 1.165) is 0 Å². The normalized spacial score (nSPS) is 10.3. The zero-order valence-electron chi connectivity index (χ0n) is 8.43. The van der Waals surface area contributed by atoms with Gasteiger partial charge >= 0.3 is 6.01 Å². The number of amides is 1. The molecule has 0 bridgehead atoms. The minimum atomic E-state index is -0.548. The first-order valence-corrected chi connectivity index (χ1v) is 4.10. The first kappa shape index (κ1) is 11.0. The van der Waals surface area contributed by atoms with Crippen molar-refractivity contribution in [3.05, 3.63) is 17.8 Å². The lowest BCUT2D eigenvalue weighted by molar-refractivity contribution is -0.113. The molecule has 6 nitrogen and oxygen atoms in total. The van der Waals surface area contributed by atoms with Gasteiger partial charge in [-0.3, -0.25) is 4.79 Å². The molecule has 0 fully saturated rings. The Hall–Kier alpha value is -2.11. The van der Waals surface area contributed by atoms with E-state index < -0.39 is 5.91 Å². The third-order valence-electron chi connectivity index (χ3n) is 1.56. The second-order valence-corrected chi connectivity index (χ2v) is 2.56. The van der Waals surface area contributed by atoms with Crippen LogP contribution < -0.4 is 15.2 Å². The summed E-state index contributed by atoms with van der Waals surface area (Å²) in [7, 11) is 2.91. The molecule has 0 aromatic carbocycles. The molecule has 0 aliphatic heterocycles. The zero-order chi connectivity index (χ0) is 11.3. The van der Waals surface area contributed by atoms with Crippen molar-refractivity contribution in [3.8, 4) is 11.9 Å². The number of methoxy groups -OCH3 is 2. The summed E-state index contributed by atoms with van der Waals surface area (Å²) < 4.78 is 9.80. The fourth-order valence-corrected chi connectivity index (χ4v) is 0.908. The lowest BCUT2D eigenvalue weighted by Gasteiger charge is -2.04. The smallest absolute Gasteiger partial charge is 0.319 e. The molecule has 2 N–H and O–H groups in total. The Labute approximate surface area is 86.7 Å². The number of hydrogen-bond donors (Lipinski definition) is 1. The van der Waals surface area contributed by atoms with Gasteiger partial charge in [-0.1, -0.05) is 0 Å². The van der Waals surface area contributed by atoms with Crippen LogP contribution in [0.2, 0.25) is 0 Å². The van der Waals surface area contributed by atoms with Gasteiger partial charge in [-0.2, -0.15) is 4.98 Å². The second-order valence-electron chi connectivity index (χ2n) is 2.56. The molecule has 0 aliphatic carbocycles. The Balaban J connectivity index is 3.02. The molecule has 0 atom stereocenters. The van der Waals surface area contributed by atoms with Crippen molar-refractivity contribution in [1.29, 1.82) is 0 Å². The van der Waals surface area contributed by atoms with E-state index in [9.17, 15) is 4.79 Å². The number of ether oxygens (including phenoxy) is 2. The van der Waals surface area contributed by atoms with Crippen LogP contribution in [0.4, 0.5) is 0 Å². The highest BCUT2D eigenvalue weighted by atomic mass is 16.5. The fraction of sp³-hybridized carbons (Fsp3) is 0.222. The number of aromatic nitrogens is 2. The minimum absolute atomic E-state index is 0.197. The summed E-state index contributed by atoms with van der Waals surface area (Å²) in [6.45, 7) is 0. The Morgan fingerprint density at radius 3 is 2.73 bits per heavy atom. The molecular weight excluding hydrogens is 198 g/mol. The molecule has 1 aromatic rings. The highest BCUT2D eigenvalue weighted by Gasteiger charge is 2.05. The maximum Gasteiger partial charge on any atom is 0.319 e. The first-order valence-electron chi connectivity index (χ1n) is 4.10. The van der Waals surface area contributed by atoms with Gasteiger partial charge < -0.3 is 15.2 Å². The van der Waals surface area contributed by atoms with Crippen LogP contribution >= 0.6 is 0 Å². The van der Waals surface area contributed by atoms with Crippen LogP contribution in [0.3, 0.4) is 0 Å². The van der Waals surface area contributed by atoms with E-state index in [1.165, 1.54) is 32.6 Å². The summed E-state index contributed by atoms with van der Waals surface area (Å²) in [5.74, 6) is -0.229. The second kappa shape index (κ2) is 4.94. The van der Waals surface area contributed by atoms with Gasteiger partial charge in [-0.05, 0) is 6.08 Å². The lowest BCUT2D eigenvalue weighted by Crippen LogP contribution is -2.05. The molecule has 1 rings (SSSR count). The summed E-state index contributed by atoms with van der Waals surface area (Å²) in [4.78, 5) is 18.3. The van der Waals surface area contributed by atoms with Crippen molar-refractivity contribution < 1.29 is 14.3 Å². The predicted octanol–water partition coefficient (Wildman–Crippen LogP) is -0.00770. The minimum Gasteiger partial charge on any atom is -0.480 e. The number of carbonyl (C=O) groups is 1. The average Bonchev–Trinajstić information content (AvgIpc) is 2.25. The highest BCUT2D eigenvalue weighted by Crippen LogP contribution is 2.18. The molecule has 1 heterocycles. The van der Waals surface area contributed by atoms with Gasteiger partial charge in [-0.25, -0.2) is 4.98 Å². The summed E-state index contributed by atoms with van der Waals surface area (Å²) >= 11 is 0. The molecule has 0 spiro atoms. The van der Waals surface area contributed by atoms with Crippen LogP contribution in [-0.2, 0) is 4.79 Å². The van der Waals surface area contributed by atoms with Crippen molar-refractivity contribution in [2.75, 3.05) is 14.2 Å². The van der Waals surface area contributed by atoms with E-state index in [1.54, 1.807) is 0 Å². The van der Waals surface area contributed by atoms with Gasteiger partial charge in [0.2, 0.25) is 11.8 Å². The zero-order valence-corrected chi connectivity index (χ0v) is 8.43. The molecule has 0 saturated carbocycles. The summed E-state index contributed by atoms with van der Waals surface area (Å²) in [5, 5.41) is 0. The predicted molar refractivity (Wildman–Crippen MR) is 53.4 cm³/mol. The Bertz CT molecular complexity index is 390. The molecule has 1 amide bonds. The molecule has 0 aliphatic rings. The van der Waals surface area contributed by atoms with E-state index in [-0.39, 0.29) is 6.01 Å². The molecule has 0 radical (unpaired) electrons. The SMILES string of the molecule is COc1ncc(/C=C\C(N)=O)c(OC)n1.